The number of thiocarbonyl (C=S) groups is 4. The minimum absolute atomic E-state index is 0.309. The monoisotopic (exact) mass is 1790 g/mol. The molecule has 664 valence electrons. The fraction of sp³-hybridized carbons (Fsp3) is 0.429. The Kier molecular flexibility index (Phi) is 35.5. The Morgan fingerprint density at radius 1 is 0.214 bits per heavy atom. The molecule has 0 N–H and O–H groups in total. The maximum atomic E-state index is 6.66. The summed E-state index contributed by atoms with van der Waals surface area (Å²) in [6.07, 6.45) is 47.1. The molecule has 0 amide bonds. The van der Waals surface area contributed by atoms with Crippen molar-refractivity contribution in [1.82, 2.24) is 19.6 Å². The highest BCUT2D eigenvalue weighted by atomic mass is 32.1. The van der Waals surface area contributed by atoms with Gasteiger partial charge in [-0.05, 0) is 284 Å². The molecule has 0 unspecified atom stereocenters. The van der Waals surface area contributed by atoms with E-state index in [-0.39, 0.29) is 0 Å². The van der Waals surface area contributed by atoms with Crippen LogP contribution in [-0.2, 0) is 25.7 Å². The largest absolute Gasteiger partial charge is 0.431 e. The number of fused-ring (bicyclic) bond motifs is 12. The molecule has 2 aromatic heterocycles. The summed E-state index contributed by atoms with van der Waals surface area (Å²) in [4.78, 5) is 7.17. The van der Waals surface area contributed by atoms with Crippen LogP contribution in [0.1, 0.15) is 255 Å². The molecule has 0 radical (unpaired) electrons. The molecule has 2 heterocycles. The first kappa shape index (κ1) is 95.0. The first-order valence-corrected chi connectivity index (χ1v) is 50.9. The minimum Gasteiger partial charge on any atom is -0.431 e. The molecule has 0 atom stereocenters. The summed E-state index contributed by atoms with van der Waals surface area (Å²) < 4.78 is 32.1. The Labute approximate surface area is 782 Å². The van der Waals surface area contributed by atoms with Gasteiger partial charge in [0.1, 0.15) is 23.0 Å². The number of aryl methyl sites for hydroxylation is 4. The van der Waals surface area contributed by atoms with Crippen LogP contribution in [0, 0.1) is 0 Å². The van der Waals surface area contributed by atoms with Gasteiger partial charge in [0.25, 0.3) is 20.7 Å². The number of nitrogens with zero attached hydrogens (tertiary/aromatic N) is 4. The van der Waals surface area contributed by atoms with Crippen molar-refractivity contribution in [2.24, 2.45) is 0 Å². The Balaban J connectivity index is 0.000000228. The van der Waals surface area contributed by atoms with E-state index in [1.807, 2.05) is 91.2 Å². The summed E-state index contributed by atoms with van der Waals surface area (Å²) in [6.45, 7) is 9.14. The Morgan fingerprint density at radius 3 is 0.627 bits per heavy atom. The molecule has 14 heteroatoms. The zero-order chi connectivity index (χ0) is 88.6. The summed E-state index contributed by atoms with van der Waals surface area (Å²) in [5.41, 5.74) is 8.74. The predicted octanol–water partition coefficient (Wildman–Crippen LogP) is 34.0. The number of benzene rings is 12. The van der Waals surface area contributed by atoms with E-state index in [1.54, 1.807) is 19.6 Å². The van der Waals surface area contributed by atoms with Crippen LogP contribution in [-0.4, -0.2) is 96.7 Å². The molecule has 0 spiro atoms. The quantitative estimate of drug-likeness (QED) is 0.0271. The molecule has 126 heavy (non-hydrogen) atoms. The number of thiophene rings is 2. The zero-order valence-electron chi connectivity index (χ0n) is 77.5. The lowest BCUT2D eigenvalue weighted by Crippen LogP contribution is -2.26. The average Bonchev–Trinajstić information content (AvgIpc) is 1.50. The van der Waals surface area contributed by atoms with E-state index in [2.05, 4.69) is 185 Å². The van der Waals surface area contributed by atoms with Crippen molar-refractivity contribution in [2.75, 3.05) is 56.4 Å². The maximum Gasteiger partial charge on any atom is 0.264 e. The fourth-order valence-electron chi connectivity index (χ4n) is 17.7. The van der Waals surface area contributed by atoms with E-state index in [0.717, 1.165) is 67.4 Å². The van der Waals surface area contributed by atoms with Gasteiger partial charge in [-0.2, -0.15) is 0 Å². The van der Waals surface area contributed by atoms with Crippen LogP contribution in [0.3, 0.4) is 0 Å². The van der Waals surface area contributed by atoms with Crippen molar-refractivity contribution in [3.05, 3.63) is 192 Å². The van der Waals surface area contributed by atoms with Crippen molar-refractivity contribution in [2.45, 2.75) is 259 Å². The second-order valence-corrected chi connectivity index (χ2v) is 39.9. The van der Waals surface area contributed by atoms with Crippen LogP contribution in [0.5, 0.6) is 23.0 Å². The van der Waals surface area contributed by atoms with Crippen molar-refractivity contribution in [1.29, 1.82) is 0 Å². The summed E-state index contributed by atoms with van der Waals surface area (Å²) in [5, 5.41) is 21.1. The van der Waals surface area contributed by atoms with Crippen molar-refractivity contribution in [3.63, 3.8) is 0 Å². The number of hydrogen-bond donors (Lipinski definition) is 0. The molecule has 8 nitrogen and oxygen atoms in total. The molecule has 14 aromatic rings. The third-order valence-electron chi connectivity index (χ3n) is 25.2. The highest BCUT2D eigenvalue weighted by Gasteiger charge is 2.25. The molecular weight excluding hydrogens is 1660 g/mol. The van der Waals surface area contributed by atoms with Gasteiger partial charge in [0, 0.05) is 119 Å². The minimum atomic E-state index is 0.309. The smallest absolute Gasteiger partial charge is 0.264 e. The number of hydrogen-bond acceptors (Lipinski definition) is 10. The van der Waals surface area contributed by atoms with Crippen molar-refractivity contribution < 1.29 is 18.9 Å². The highest BCUT2D eigenvalue weighted by Crippen LogP contribution is 2.49. The van der Waals surface area contributed by atoms with E-state index in [0.29, 0.717) is 43.7 Å². The molecule has 0 bridgehead atoms. The van der Waals surface area contributed by atoms with Gasteiger partial charge in [-0.3, -0.25) is 0 Å². The van der Waals surface area contributed by atoms with Gasteiger partial charge in [-0.25, -0.2) is 0 Å². The first-order chi connectivity index (χ1) is 61.2. The van der Waals surface area contributed by atoms with E-state index < -0.39 is 0 Å². The van der Waals surface area contributed by atoms with Gasteiger partial charge in [-0.15, -0.1) is 22.7 Å². The molecule has 0 aliphatic rings. The zero-order valence-corrected chi connectivity index (χ0v) is 82.4. The Morgan fingerprint density at radius 2 is 0.397 bits per heavy atom. The normalized spacial score (nSPS) is 11.7. The number of unbranched alkanes of at least 4 members (excludes halogenated alkanes) is 28. The summed E-state index contributed by atoms with van der Waals surface area (Å²) >= 11 is 27.2. The molecule has 0 saturated carbocycles. The first-order valence-electron chi connectivity index (χ1n) is 47.7. The lowest BCUT2D eigenvalue weighted by atomic mass is 9.92. The van der Waals surface area contributed by atoms with Crippen molar-refractivity contribution in [3.8, 4) is 45.3 Å². The van der Waals surface area contributed by atoms with Crippen LogP contribution >= 0.6 is 71.5 Å². The van der Waals surface area contributed by atoms with Gasteiger partial charge < -0.3 is 38.5 Å². The van der Waals surface area contributed by atoms with Crippen LogP contribution < -0.4 is 18.9 Å². The van der Waals surface area contributed by atoms with E-state index in [1.165, 1.54) is 313 Å². The van der Waals surface area contributed by atoms with Gasteiger partial charge in [0.15, 0.2) is 0 Å². The SMILES string of the molecule is CCCCCCCCCCc1ccc2cc(-c3cc4cc(OC(=S)N(C)C)c(-c5cc6ccc(CCCCCCCCCC)cc6cc5OC(=S)N(C)C)cc4cc3OC(=S)N(C)C)c(OC(=S)N(C)C)cc2c1.CCCCCCCCCCc1ccc2cc3c(cc2c1)sc1cc2cc4c(cc2cc13)sc1cc2cc(CCCCCCCCCC)ccc2cc14. The Bertz CT molecular complexity index is 5730. The van der Waals surface area contributed by atoms with Crippen molar-refractivity contribution >= 4 is 197 Å². The lowest BCUT2D eigenvalue weighted by Gasteiger charge is -2.23. The van der Waals surface area contributed by atoms with Crippen LogP contribution in [0.2, 0.25) is 0 Å². The third-order valence-corrected chi connectivity index (χ3v) is 29.2. The molecule has 0 aliphatic heterocycles. The lowest BCUT2D eigenvalue weighted by molar-refractivity contribution is 0.446. The van der Waals surface area contributed by atoms with E-state index in [9.17, 15) is 0 Å². The van der Waals surface area contributed by atoms with Crippen LogP contribution in [0.25, 0.3) is 127 Å². The van der Waals surface area contributed by atoms with Gasteiger partial charge in [0.2, 0.25) is 0 Å². The summed E-state index contributed by atoms with van der Waals surface area (Å²) in [5.74, 6) is 2.33. The molecular formula is C112H136N4O4S6. The number of ether oxygens (including phenoxy) is 4. The Hall–Kier alpha value is -8.60. The molecule has 0 saturated heterocycles. The van der Waals surface area contributed by atoms with Gasteiger partial charge in [0.05, 0.1) is 0 Å². The topological polar surface area (TPSA) is 49.9 Å². The molecule has 0 aliphatic carbocycles. The van der Waals surface area contributed by atoms with Crippen LogP contribution in [0.4, 0.5) is 0 Å². The second kappa shape index (κ2) is 47.1. The third kappa shape index (κ3) is 25.5. The molecule has 12 aromatic carbocycles. The van der Waals surface area contributed by atoms with Crippen LogP contribution in [0.15, 0.2) is 170 Å². The fourth-order valence-corrected chi connectivity index (χ4v) is 20.4. The van der Waals surface area contributed by atoms with Gasteiger partial charge >= 0.3 is 0 Å². The van der Waals surface area contributed by atoms with E-state index in [4.69, 9.17) is 67.8 Å². The summed E-state index contributed by atoms with van der Waals surface area (Å²) in [6, 6.07) is 64.3. The van der Waals surface area contributed by atoms with Gasteiger partial charge in [-0.1, -0.05) is 280 Å². The number of rotatable bonds is 42. The standard InChI is InChI=1S/C62H80N4O4S4.C50H56S2/c1-11-13-15-17-19-21-23-25-27-43-29-31-45-35-51(55(39-47(45)33-43)67-59(71)63(3)4)53-37-49-42-58(70-62(74)66(9)10)54(38-50(49)41-57(53)69-61(73)65(7)8)52-36-46-32-30-44(28-26-24-22-20-18-16-14-12-2)34-48(46)40-56(52)68-60(72)64(5)6;1-3-5-7-9-11-13-15-17-19-35-21-23-37-27-43-45-29-41-34-50-46(30-42(41)33-49(45)51-47(43)31-39(37)25-35)44-28-38-24-22-36(26-40(38)32-48(44)52-50)20-18-16-14-12-10-8-6-4-2/h29-42H,11-28H2,1-10H3;21-34H,3-20H2,1-2H3. The maximum absolute atomic E-state index is 6.66. The molecule has 0 fully saturated rings. The highest BCUT2D eigenvalue weighted by molar-refractivity contribution is 7.80. The van der Waals surface area contributed by atoms with E-state index >= 15 is 0 Å². The predicted molar refractivity (Wildman–Crippen MR) is 567 cm³/mol. The average molecular weight is 1790 g/mol. The summed E-state index contributed by atoms with van der Waals surface area (Å²) in [7, 11) is 15.1. The molecule has 14 rings (SSSR count). The second-order valence-electron chi connectivity index (χ2n) is 36.4.